The van der Waals surface area contributed by atoms with Crippen LogP contribution in [0.4, 0.5) is 5.69 Å². The van der Waals surface area contributed by atoms with E-state index in [-0.39, 0.29) is 0 Å². The van der Waals surface area contributed by atoms with Gasteiger partial charge in [0.25, 0.3) is 0 Å². The molecule has 3 aromatic rings. The highest BCUT2D eigenvalue weighted by molar-refractivity contribution is 9.10. The molecule has 0 bridgehead atoms. The van der Waals surface area contributed by atoms with Crippen LogP contribution in [0.3, 0.4) is 0 Å². The molecule has 2 heterocycles. The van der Waals surface area contributed by atoms with Crippen molar-refractivity contribution in [2.24, 2.45) is 0 Å². The minimum atomic E-state index is 0.696. The highest BCUT2D eigenvalue weighted by atomic mass is 79.9. The first-order valence-corrected chi connectivity index (χ1v) is 5.91. The van der Waals surface area contributed by atoms with Gasteiger partial charge in [-0.2, -0.15) is 0 Å². The summed E-state index contributed by atoms with van der Waals surface area (Å²) >= 11 is 3.45. The average molecular weight is 289 g/mol. The third-order valence-corrected chi connectivity index (χ3v) is 3.21. The molecular weight excluding hydrogens is 280 g/mol. The molecule has 2 N–H and O–H groups in total. The molecule has 0 fully saturated rings. The zero-order valence-corrected chi connectivity index (χ0v) is 10.4. The number of aromatic nitrogens is 3. The number of nitrogen functional groups attached to an aromatic ring is 1. The number of hydrogen-bond acceptors (Lipinski definition) is 3. The fraction of sp³-hybridized carbons (Fsp3) is 0. The molecular formula is C12H9BrN4. The lowest BCUT2D eigenvalue weighted by Gasteiger charge is -2.03. The first kappa shape index (κ1) is 10.3. The van der Waals surface area contributed by atoms with Gasteiger partial charge in [-0.25, -0.2) is 0 Å². The molecule has 0 atom stereocenters. The Morgan fingerprint density at radius 3 is 2.71 bits per heavy atom. The quantitative estimate of drug-likeness (QED) is 0.701. The van der Waals surface area contributed by atoms with Crippen LogP contribution in [-0.4, -0.2) is 14.6 Å². The molecule has 0 amide bonds. The van der Waals surface area contributed by atoms with E-state index in [9.17, 15) is 0 Å². The Morgan fingerprint density at radius 1 is 1.06 bits per heavy atom. The van der Waals surface area contributed by atoms with Gasteiger partial charge >= 0.3 is 0 Å². The Hall–Kier alpha value is -1.88. The van der Waals surface area contributed by atoms with Crippen molar-refractivity contribution in [1.29, 1.82) is 0 Å². The number of rotatable bonds is 1. The van der Waals surface area contributed by atoms with Crippen LogP contribution in [0, 0.1) is 0 Å². The van der Waals surface area contributed by atoms with Crippen LogP contribution in [0.2, 0.25) is 0 Å². The topological polar surface area (TPSA) is 56.2 Å². The standard InChI is InChI=1S/C12H9BrN4/c13-9-5-3-7-17-11(15-16-12(9)17)8-4-1-2-6-10(8)14/h1-7H,14H2. The highest BCUT2D eigenvalue weighted by Gasteiger charge is 2.11. The van der Waals surface area contributed by atoms with Crippen LogP contribution >= 0.6 is 15.9 Å². The fourth-order valence-corrected chi connectivity index (χ4v) is 2.19. The molecule has 0 saturated heterocycles. The van der Waals surface area contributed by atoms with Crippen LogP contribution in [0.1, 0.15) is 0 Å². The summed E-state index contributed by atoms with van der Waals surface area (Å²) < 4.78 is 2.82. The molecule has 0 saturated carbocycles. The summed E-state index contributed by atoms with van der Waals surface area (Å²) in [4.78, 5) is 0. The van der Waals surface area contributed by atoms with Gasteiger partial charge in [-0.15, -0.1) is 10.2 Å². The van der Waals surface area contributed by atoms with E-state index < -0.39 is 0 Å². The van der Waals surface area contributed by atoms with Crippen LogP contribution < -0.4 is 5.73 Å². The van der Waals surface area contributed by atoms with Crippen molar-refractivity contribution in [3.8, 4) is 11.4 Å². The molecule has 3 rings (SSSR count). The van der Waals surface area contributed by atoms with E-state index in [1.807, 2.05) is 47.0 Å². The van der Waals surface area contributed by atoms with E-state index in [4.69, 9.17) is 5.73 Å². The molecule has 84 valence electrons. The number of benzene rings is 1. The van der Waals surface area contributed by atoms with Crippen molar-refractivity contribution in [3.05, 3.63) is 47.1 Å². The summed E-state index contributed by atoms with van der Waals surface area (Å²) in [6, 6.07) is 11.5. The van der Waals surface area contributed by atoms with Gasteiger partial charge < -0.3 is 5.73 Å². The zero-order chi connectivity index (χ0) is 11.8. The minimum Gasteiger partial charge on any atom is -0.398 e. The van der Waals surface area contributed by atoms with Crippen molar-refractivity contribution in [3.63, 3.8) is 0 Å². The molecule has 0 unspecified atom stereocenters. The third kappa shape index (κ3) is 1.59. The Morgan fingerprint density at radius 2 is 1.88 bits per heavy atom. The summed E-state index contributed by atoms with van der Waals surface area (Å²) in [5.41, 5.74) is 8.31. The summed E-state index contributed by atoms with van der Waals surface area (Å²) in [7, 11) is 0. The van der Waals surface area contributed by atoms with Crippen molar-refractivity contribution < 1.29 is 0 Å². The number of para-hydroxylation sites is 1. The molecule has 0 aliphatic carbocycles. The Balaban J connectivity index is 2.33. The summed E-state index contributed by atoms with van der Waals surface area (Å²) in [6.07, 6.45) is 1.92. The molecule has 5 heteroatoms. The number of anilines is 1. The largest absolute Gasteiger partial charge is 0.398 e. The van der Waals surface area contributed by atoms with E-state index in [1.54, 1.807) is 0 Å². The van der Waals surface area contributed by atoms with E-state index in [2.05, 4.69) is 26.1 Å². The molecule has 2 aromatic heterocycles. The van der Waals surface area contributed by atoms with Crippen LogP contribution in [-0.2, 0) is 0 Å². The number of pyridine rings is 1. The molecule has 4 nitrogen and oxygen atoms in total. The van der Waals surface area contributed by atoms with Crippen molar-refractivity contribution in [1.82, 2.24) is 14.6 Å². The second kappa shape index (κ2) is 3.85. The lowest BCUT2D eigenvalue weighted by molar-refractivity contribution is 1.11. The Bertz CT molecular complexity index is 690. The monoisotopic (exact) mass is 288 g/mol. The zero-order valence-electron chi connectivity index (χ0n) is 8.84. The molecule has 0 aliphatic rings. The van der Waals surface area contributed by atoms with Crippen LogP contribution in [0.15, 0.2) is 47.1 Å². The number of halogens is 1. The molecule has 0 aliphatic heterocycles. The third-order valence-electron chi connectivity index (χ3n) is 2.59. The summed E-state index contributed by atoms with van der Waals surface area (Å²) in [6.45, 7) is 0. The van der Waals surface area contributed by atoms with Gasteiger partial charge in [-0.05, 0) is 40.2 Å². The maximum atomic E-state index is 5.95. The maximum absolute atomic E-state index is 5.95. The summed E-state index contributed by atoms with van der Waals surface area (Å²) in [5.74, 6) is 0.749. The van der Waals surface area contributed by atoms with Gasteiger partial charge in [-0.1, -0.05) is 12.1 Å². The second-order valence-electron chi connectivity index (χ2n) is 3.66. The number of fused-ring (bicyclic) bond motifs is 1. The van der Waals surface area contributed by atoms with E-state index >= 15 is 0 Å². The lowest BCUT2D eigenvalue weighted by atomic mass is 10.2. The van der Waals surface area contributed by atoms with Crippen LogP contribution in [0.25, 0.3) is 17.0 Å². The van der Waals surface area contributed by atoms with Gasteiger partial charge in [0, 0.05) is 17.4 Å². The predicted molar refractivity (Wildman–Crippen MR) is 70.5 cm³/mol. The number of nitrogens with two attached hydrogens (primary N) is 1. The van der Waals surface area contributed by atoms with E-state index in [0.29, 0.717) is 5.69 Å². The van der Waals surface area contributed by atoms with Crippen molar-refractivity contribution >= 4 is 27.3 Å². The summed E-state index contributed by atoms with van der Waals surface area (Å²) in [5, 5.41) is 8.34. The SMILES string of the molecule is Nc1ccccc1-c1nnc2c(Br)cccn12. The van der Waals surface area contributed by atoms with Gasteiger partial charge in [0.05, 0.1) is 4.47 Å². The predicted octanol–water partition coefficient (Wildman–Crippen LogP) is 2.74. The van der Waals surface area contributed by atoms with Crippen molar-refractivity contribution in [2.75, 3.05) is 5.73 Å². The van der Waals surface area contributed by atoms with E-state index in [1.165, 1.54) is 0 Å². The number of hydrogen-bond donors (Lipinski definition) is 1. The van der Waals surface area contributed by atoms with Gasteiger partial charge in [0.15, 0.2) is 11.5 Å². The second-order valence-corrected chi connectivity index (χ2v) is 4.51. The lowest BCUT2D eigenvalue weighted by Crippen LogP contribution is -1.94. The molecule has 0 radical (unpaired) electrons. The molecule has 0 spiro atoms. The first-order valence-electron chi connectivity index (χ1n) is 5.11. The Labute approximate surface area is 106 Å². The maximum Gasteiger partial charge on any atom is 0.175 e. The van der Waals surface area contributed by atoms with Crippen molar-refractivity contribution in [2.45, 2.75) is 0 Å². The highest BCUT2D eigenvalue weighted by Crippen LogP contribution is 2.26. The van der Waals surface area contributed by atoms with Gasteiger partial charge in [0.2, 0.25) is 0 Å². The molecule has 1 aromatic carbocycles. The minimum absolute atomic E-state index is 0.696. The number of nitrogens with zero attached hydrogens (tertiary/aromatic N) is 3. The van der Waals surface area contributed by atoms with Gasteiger partial charge in [0.1, 0.15) is 0 Å². The normalized spacial score (nSPS) is 10.9. The first-order chi connectivity index (χ1) is 8.27. The van der Waals surface area contributed by atoms with Crippen LogP contribution in [0.5, 0.6) is 0 Å². The molecule has 17 heavy (non-hydrogen) atoms. The average Bonchev–Trinajstić information content (AvgIpc) is 2.75. The fourth-order valence-electron chi connectivity index (χ4n) is 1.77. The van der Waals surface area contributed by atoms with Gasteiger partial charge in [-0.3, -0.25) is 4.40 Å². The smallest absolute Gasteiger partial charge is 0.175 e. The Kier molecular flexibility index (Phi) is 2.33. The van der Waals surface area contributed by atoms with E-state index in [0.717, 1.165) is 21.5 Å².